The Labute approximate surface area is 233 Å². The smallest absolute Gasteiger partial charge is 0.279 e. The number of anilines is 1. The predicted molar refractivity (Wildman–Crippen MR) is 155 cm³/mol. The van der Waals surface area contributed by atoms with Crippen LogP contribution in [0.1, 0.15) is 24.5 Å². The average molecular weight is 558 g/mol. The molecule has 206 valence electrons. The Morgan fingerprint density at radius 1 is 1.05 bits per heavy atom. The predicted octanol–water partition coefficient (Wildman–Crippen LogP) is 5.09. The number of amides is 1. The summed E-state index contributed by atoms with van der Waals surface area (Å²) in [5.74, 6) is -0.738. The molecule has 2 aliphatic heterocycles. The average Bonchev–Trinajstić information content (AvgIpc) is 3.36. The zero-order chi connectivity index (χ0) is 28.2. The number of ether oxygens (including phenoxy) is 1. The van der Waals surface area contributed by atoms with Crippen molar-refractivity contribution in [2.75, 3.05) is 11.5 Å². The van der Waals surface area contributed by atoms with Crippen molar-refractivity contribution in [2.45, 2.75) is 50.2 Å². The lowest BCUT2D eigenvalue weighted by molar-refractivity contribution is -0.146. The van der Waals surface area contributed by atoms with Gasteiger partial charge in [0.1, 0.15) is 0 Å². The Balaban J connectivity index is 1.54. The van der Waals surface area contributed by atoms with Gasteiger partial charge in [0, 0.05) is 29.0 Å². The number of hydrogen-bond donors (Lipinski definition) is 1. The summed E-state index contributed by atoms with van der Waals surface area (Å²) in [7, 11) is -3.32. The molecule has 1 saturated heterocycles. The van der Waals surface area contributed by atoms with Crippen LogP contribution >= 0.6 is 0 Å². The Morgan fingerprint density at radius 3 is 2.50 bits per heavy atom. The molecule has 0 unspecified atom stereocenters. The third kappa shape index (κ3) is 4.03. The number of halogens is 1. The quantitative estimate of drug-likeness (QED) is 0.264. The van der Waals surface area contributed by atoms with Gasteiger partial charge in [0.15, 0.2) is 5.60 Å². The Kier molecular flexibility index (Phi) is 6.48. The minimum absolute atomic E-state index is 0.167. The number of carbonyl (C=O) groups is 1. The van der Waals surface area contributed by atoms with E-state index in [-0.39, 0.29) is 24.5 Å². The van der Waals surface area contributed by atoms with E-state index < -0.39 is 31.6 Å². The lowest BCUT2D eigenvalue weighted by atomic mass is 9.82. The van der Waals surface area contributed by atoms with Gasteiger partial charge in [-0.3, -0.25) is 9.59 Å². The largest absolute Gasteiger partial charge is 0.396 e. The van der Waals surface area contributed by atoms with Gasteiger partial charge in [0.25, 0.3) is 11.5 Å². The molecule has 40 heavy (non-hydrogen) atoms. The fourth-order valence-electron chi connectivity index (χ4n) is 6.76. The highest BCUT2D eigenvalue weighted by Gasteiger charge is 2.66. The maximum atomic E-state index is 15.8. The van der Waals surface area contributed by atoms with Gasteiger partial charge in [-0.1, -0.05) is 55.5 Å². The summed E-state index contributed by atoms with van der Waals surface area (Å²) in [6, 6.07) is 22.3. The van der Waals surface area contributed by atoms with E-state index in [1.165, 1.54) is 4.68 Å². The van der Waals surface area contributed by atoms with Crippen LogP contribution in [-0.4, -0.2) is 41.9 Å². The van der Waals surface area contributed by atoms with Gasteiger partial charge in [0.05, 0.1) is 35.6 Å². The van der Waals surface area contributed by atoms with Crippen molar-refractivity contribution in [2.24, 2.45) is 5.92 Å². The zero-order valence-electron chi connectivity index (χ0n) is 22.8. The van der Waals surface area contributed by atoms with E-state index >= 15 is 4.11 Å². The number of rotatable bonds is 6. The summed E-state index contributed by atoms with van der Waals surface area (Å²) >= 11 is 0. The molecule has 4 atom stereocenters. The lowest BCUT2D eigenvalue weighted by Crippen LogP contribution is -2.45. The third-order valence-corrected chi connectivity index (χ3v) is 10.9. The number of carbonyl (C=O) groups excluding carboxylic acids is 1. The molecule has 1 amide bonds. The SMILES string of the molecule is C[C@@H]1[C@@H]([Si](C)(C)F)[C@H](CCO)O[C@@]12C(=O)N(Cc1ccccc1)c1ccc(-n3ncc4ccccc4c3=O)cc12. The van der Waals surface area contributed by atoms with Crippen LogP contribution in [0.15, 0.2) is 83.8 Å². The summed E-state index contributed by atoms with van der Waals surface area (Å²) in [6.07, 6.45) is 1.28. The number of aromatic nitrogens is 2. The molecule has 0 saturated carbocycles. The standard InChI is InChI=1S/C31H32FN3O4Si/c1-20-28(40(2,3)32)27(15-16-36)39-31(20)25-17-23(35-29(37)24-12-8-7-11-22(24)18-33-35)13-14-26(25)34(30(31)38)19-21-9-5-4-6-10-21/h4-14,17-18,20,27-28,36H,15-16,19H2,1-3H3/t20-,27+,28-,31+/m1/s1. The van der Waals surface area contributed by atoms with Gasteiger partial charge < -0.3 is 18.9 Å². The number of aliphatic hydroxyl groups excluding tert-OH is 1. The van der Waals surface area contributed by atoms with Gasteiger partial charge in [-0.15, -0.1) is 0 Å². The van der Waals surface area contributed by atoms with Crippen molar-refractivity contribution >= 4 is 30.8 Å². The number of benzene rings is 3. The van der Waals surface area contributed by atoms with Crippen molar-refractivity contribution in [3.8, 4) is 5.69 Å². The molecular formula is C31H32FN3O4Si. The van der Waals surface area contributed by atoms with E-state index in [1.807, 2.05) is 61.5 Å². The van der Waals surface area contributed by atoms with Crippen LogP contribution in [0.25, 0.3) is 16.5 Å². The highest BCUT2D eigenvalue weighted by Crippen LogP contribution is 2.60. The summed E-state index contributed by atoms with van der Waals surface area (Å²) in [5.41, 5.74) is 0.498. The maximum absolute atomic E-state index is 15.8. The van der Waals surface area contributed by atoms with Crippen molar-refractivity contribution < 1.29 is 18.7 Å². The highest BCUT2D eigenvalue weighted by atomic mass is 28.4. The van der Waals surface area contributed by atoms with Crippen LogP contribution < -0.4 is 10.5 Å². The van der Waals surface area contributed by atoms with Gasteiger partial charge >= 0.3 is 0 Å². The number of nitrogens with zero attached hydrogens (tertiary/aromatic N) is 3. The Bertz CT molecular complexity index is 1650. The Hall–Kier alpha value is -3.66. The van der Waals surface area contributed by atoms with Crippen LogP contribution in [0, 0.1) is 5.92 Å². The van der Waals surface area contributed by atoms with Crippen LogP contribution in [0.5, 0.6) is 0 Å². The molecule has 3 heterocycles. The van der Waals surface area contributed by atoms with Crippen molar-refractivity contribution in [3.63, 3.8) is 0 Å². The molecule has 0 aliphatic carbocycles. The third-order valence-electron chi connectivity index (χ3n) is 8.48. The molecule has 1 aromatic heterocycles. The lowest BCUT2D eigenvalue weighted by Gasteiger charge is -2.31. The minimum atomic E-state index is -3.32. The summed E-state index contributed by atoms with van der Waals surface area (Å²) in [6.45, 7) is 5.32. The second kappa shape index (κ2) is 9.76. The van der Waals surface area contributed by atoms with Crippen molar-refractivity contribution in [1.82, 2.24) is 9.78 Å². The topological polar surface area (TPSA) is 84.7 Å². The summed E-state index contributed by atoms with van der Waals surface area (Å²) in [4.78, 5) is 29.6. The fourth-order valence-corrected chi connectivity index (χ4v) is 9.30. The van der Waals surface area contributed by atoms with Crippen molar-refractivity contribution in [1.29, 1.82) is 0 Å². The molecule has 7 nitrogen and oxygen atoms in total. The van der Waals surface area contributed by atoms with Gasteiger partial charge in [-0.2, -0.15) is 9.78 Å². The number of fused-ring (bicyclic) bond motifs is 3. The first-order valence-corrected chi connectivity index (χ1v) is 16.6. The van der Waals surface area contributed by atoms with Gasteiger partial charge in [-0.25, -0.2) is 0 Å². The molecule has 6 rings (SSSR count). The first-order chi connectivity index (χ1) is 19.2. The van der Waals surface area contributed by atoms with E-state index in [2.05, 4.69) is 5.10 Å². The monoisotopic (exact) mass is 557 g/mol. The molecule has 9 heteroatoms. The molecule has 1 spiro atoms. The van der Waals surface area contributed by atoms with Gasteiger partial charge in [-0.05, 0) is 49.3 Å². The molecule has 0 bridgehead atoms. The number of aliphatic hydroxyl groups is 1. The molecule has 0 radical (unpaired) electrons. The van der Waals surface area contributed by atoms with E-state index in [0.29, 0.717) is 28.9 Å². The highest BCUT2D eigenvalue weighted by molar-refractivity contribution is 6.72. The van der Waals surface area contributed by atoms with Crippen molar-refractivity contribution in [3.05, 3.63) is 100 Å². The Morgan fingerprint density at radius 2 is 1.77 bits per heavy atom. The van der Waals surface area contributed by atoms with E-state index in [0.717, 1.165) is 10.9 Å². The molecule has 1 fully saturated rings. The second-order valence-electron chi connectivity index (χ2n) is 11.3. The number of hydrogen-bond acceptors (Lipinski definition) is 5. The normalized spacial score (nSPS) is 24.3. The zero-order valence-corrected chi connectivity index (χ0v) is 23.8. The van der Waals surface area contributed by atoms with Crippen LogP contribution in [0.2, 0.25) is 18.6 Å². The maximum Gasteiger partial charge on any atom is 0.279 e. The second-order valence-corrected chi connectivity index (χ2v) is 15.1. The van der Waals surface area contributed by atoms with E-state index in [1.54, 1.807) is 42.4 Å². The van der Waals surface area contributed by atoms with Crippen LogP contribution in [0.4, 0.5) is 9.80 Å². The molecular weight excluding hydrogens is 525 g/mol. The fraction of sp³-hybridized carbons (Fsp3) is 0.323. The molecule has 4 aromatic rings. The first-order valence-electron chi connectivity index (χ1n) is 13.6. The van der Waals surface area contributed by atoms with E-state index in [9.17, 15) is 14.7 Å². The van der Waals surface area contributed by atoms with Gasteiger partial charge in [0.2, 0.25) is 8.41 Å². The molecule has 2 aliphatic rings. The van der Waals surface area contributed by atoms with E-state index in [4.69, 9.17) is 4.74 Å². The summed E-state index contributed by atoms with van der Waals surface area (Å²) in [5, 5.41) is 15.5. The van der Waals surface area contributed by atoms with Crippen LogP contribution in [0.3, 0.4) is 0 Å². The minimum Gasteiger partial charge on any atom is -0.396 e. The molecule has 1 N–H and O–H groups in total. The summed E-state index contributed by atoms with van der Waals surface area (Å²) < 4.78 is 23.8. The van der Waals surface area contributed by atoms with Crippen LogP contribution in [-0.2, 0) is 21.7 Å². The first kappa shape index (κ1) is 26.6. The molecule has 3 aromatic carbocycles.